The van der Waals surface area contributed by atoms with Gasteiger partial charge >= 0.3 is 0 Å². The summed E-state index contributed by atoms with van der Waals surface area (Å²) in [6, 6.07) is 4.05. The molecule has 3 heterocycles. The number of nitrogen functional groups attached to an aromatic ring is 1. The molecule has 0 spiro atoms. The lowest BCUT2D eigenvalue weighted by Crippen LogP contribution is -2.28. The zero-order valence-electron chi connectivity index (χ0n) is 9.06. The van der Waals surface area contributed by atoms with Gasteiger partial charge in [0.1, 0.15) is 0 Å². The van der Waals surface area contributed by atoms with Crippen molar-refractivity contribution >= 4 is 11.3 Å². The average molecular weight is 217 g/mol. The molecular weight excluding hydrogens is 202 g/mol. The first-order chi connectivity index (χ1) is 7.84. The molecular formula is C11H15N5. The van der Waals surface area contributed by atoms with E-state index >= 15 is 0 Å². The Balaban J connectivity index is 2.03. The van der Waals surface area contributed by atoms with Crippen LogP contribution in [0.15, 0.2) is 18.3 Å². The number of pyridine rings is 1. The molecule has 0 saturated carbocycles. The standard InChI is InChI=1S/C11H15N5/c12-8-4-6-16-10(7-8)14-15-11(16)9-3-1-2-5-13-9/h4,6-7,9,13H,1-3,5,12H2. The number of hydrogen-bond acceptors (Lipinski definition) is 4. The van der Waals surface area contributed by atoms with Crippen molar-refractivity contribution in [3.05, 3.63) is 24.2 Å². The van der Waals surface area contributed by atoms with Crippen molar-refractivity contribution in [1.82, 2.24) is 19.9 Å². The maximum Gasteiger partial charge on any atom is 0.162 e. The molecule has 1 aliphatic rings. The maximum atomic E-state index is 5.71. The Labute approximate surface area is 93.7 Å². The highest BCUT2D eigenvalue weighted by atomic mass is 15.3. The van der Waals surface area contributed by atoms with Crippen molar-refractivity contribution in [3.8, 4) is 0 Å². The van der Waals surface area contributed by atoms with Crippen molar-refractivity contribution in [2.24, 2.45) is 0 Å². The van der Waals surface area contributed by atoms with Crippen molar-refractivity contribution in [1.29, 1.82) is 0 Å². The van der Waals surface area contributed by atoms with E-state index in [2.05, 4.69) is 15.5 Å². The van der Waals surface area contributed by atoms with Crippen LogP contribution < -0.4 is 11.1 Å². The number of aromatic nitrogens is 3. The quantitative estimate of drug-likeness (QED) is 0.751. The number of hydrogen-bond donors (Lipinski definition) is 2. The molecule has 2 aromatic heterocycles. The lowest BCUT2D eigenvalue weighted by Gasteiger charge is -2.21. The van der Waals surface area contributed by atoms with E-state index in [-0.39, 0.29) is 0 Å². The lowest BCUT2D eigenvalue weighted by molar-refractivity contribution is 0.395. The van der Waals surface area contributed by atoms with Gasteiger partial charge in [-0.2, -0.15) is 0 Å². The normalized spacial score (nSPS) is 21.4. The first-order valence-electron chi connectivity index (χ1n) is 5.68. The Hall–Kier alpha value is -1.62. The van der Waals surface area contributed by atoms with Crippen LogP contribution in [-0.2, 0) is 0 Å². The van der Waals surface area contributed by atoms with E-state index in [0.717, 1.165) is 30.1 Å². The molecule has 1 unspecified atom stereocenters. The molecule has 3 N–H and O–H groups in total. The van der Waals surface area contributed by atoms with Crippen LogP contribution in [0, 0.1) is 0 Å². The highest BCUT2D eigenvalue weighted by Crippen LogP contribution is 2.22. The van der Waals surface area contributed by atoms with Gasteiger partial charge in [0.2, 0.25) is 0 Å². The van der Waals surface area contributed by atoms with Crippen molar-refractivity contribution < 1.29 is 0 Å². The van der Waals surface area contributed by atoms with Gasteiger partial charge in [0.15, 0.2) is 11.5 Å². The van der Waals surface area contributed by atoms with E-state index in [1.54, 1.807) is 0 Å². The summed E-state index contributed by atoms with van der Waals surface area (Å²) in [5.74, 6) is 0.995. The fourth-order valence-electron chi connectivity index (χ4n) is 2.23. The third-order valence-electron chi connectivity index (χ3n) is 3.08. The van der Waals surface area contributed by atoms with E-state index in [9.17, 15) is 0 Å². The summed E-state index contributed by atoms with van der Waals surface area (Å²) in [7, 11) is 0. The molecule has 2 aromatic rings. The van der Waals surface area contributed by atoms with Crippen LogP contribution in [0.1, 0.15) is 31.1 Å². The second kappa shape index (κ2) is 3.75. The van der Waals surface area contributed by atoms with E-state index in [1.807, 2.05) is 22.7 Å². The van der Waals surface area contributed by atoms with Gasteiger partial charge in [0.25, 0.3) is 0 Å². The summed E-state index contributed by atoms with van der Waals surface area (Å²) in [5, 5.41) is 11.9. The van der Waals surface area contributed by atoms with Gasteiger partial charge in [-0.05, 0) is 25.5 Å². The van der Waals surface area contributed by atoms with Gasteiger partial charge in [-0.1, -0.05) is 6.42 Å². The molecule has 1 saturated heterocycles. The van der Waals surface area contributed by atoms with Crippen molar-refractivity contribution in [2.45, 2.75) is 25.3 Å². The summed E-state index contributed by atoms with van der Waals surface area (Å²) in [6.07, 6.45) is 5.57. The molecule has 1 fully saturated rings. The minimum absolute atomic E-state index is 0.326. The highest BCUT2D eigenvalue weighted by Gasteiger charge is 2.19. The van der Waals surface area contributed by atoms with Crippen molar-refractivity contribution in [2.75, 3.05) is 12.3 Å². The predicted molar refractivity (Wildman–Crippen MR) is 62.0 cm³/mol. The van der Waals surface area contributed by atoms with Crippen LogP contribution in [0.3, 0.4) is 0 Å². The molecule has 16 heavy (non-hydrogen) atoms. The number of anilines is 1. The second-order valence-electron chi connectivity index (χ2n) is 4.25. The summed E-state index contributed by atoms with van der Waals surface area (Å²) in [4.78, 5) is 0. The highest BCUT2D eigenvalue weighted by molar-refractivity contribution is 5.51. The molecule has 5 heteroatoms. The molecule has 1 atom stereocenters. The fourth-order valence-corrected chi connectivity index (χ4v) is 2.23. The van der Waals surface area contributed by atoms with Gasteiger partial charge in [-0.3, -0.25) is 4.40 Å². The molecule has 0 bridgehead atoms. The Morgan fingerprint density at radius 2 is 2.31 bits per heavy atom. The van der Waals surface area contributed by atoms with Crippen LogP contribution in [0.5, 0.6) is 0 Å². The van der Waals surface area contributed by atoms with Crippen LogP contribution in [0.4, 0.5) is 5.69 Å². The maximum absolute atomic E-state index is 5.71. The molecule has 0 radical (unpaired) electrons. The predicted octanol–water partition coefficient (Wildman–Crippen LogP) is 1.13. The number of rotatable bonds is 1. The third-order valence-corrected chi connectivity index (χ3v) is 3.08. The minimum Gasteiger partial charge on any atom is -0.399 e. The SMILES string of the molecule is Nc1ccn2c(C3CCCCN3)nnc2c1. The summed E-state index contributed by atoms with van der Waals surface area (Å²) in [6.45, 7) is 1.06. The number of nitrogens with one attached hydrogen (secondary N) is 1. The van der Waals surface area contributed by atoms with E-state index in [1.165, 1.54) is 12.8 Å². The first-order valence-corrected chi connectivity index (χ1v) is 5.68. The monoisotopic (exact) mass is 217 g/mol. The van der Waals surface area contributed by atoms with E-state index in [4.69, 9.17) is 5.73 Å². The fraction of sp³-hybridized carbons (Fsp3) is 0.455. The average Bonchev–Trinajstić information content (AvgIpc) is 2.73. The summed E-state index contributed by atoms with van der Waals surface area (Å²) in [5.41, 5.74) is 7.26. The Bertz CT molecular complexity index is 498. The van der Waals surface area contributed by atoms with Gasteiger partial charge in [-0.25, -0.2) is 0 Å². The van der Waals surface area contributed by atoms with Gasteiger partial charge < -0.3 is 11.1 Å². The topological polar surface area (TPSA) is 68.2 Å². The minimum atomic E-state index is 0.326. The Morgan fingerprint density at radius 1 is 1.38 bits per heavy atom. The molecule has 1 aliphatic heterocycles. The Morgan fingerprint density at radius 3 is 3.12 bits per heavy atom. The van der Waals surface area contributed by atoms with Crippen LogP contribution in [0.25, 0.3) is 5.65 Å². The molecule has 84 valence electrons. The Kier molecular flexibility index (Phi) is 2.25. The lowest BCUT2D eigenvalue weighted by atomic mass is 10.0. The van der Waals surface area contributed by atoms with Crippen LogP contribution in [-0.4, -0.2) is 21.1 Å². The number of nitrogens with two attached hydrogens (primary N) is 1. The smallest absolute Gasteiger partial charge is 0.162 e. The van der Waals surface area contributed by atoms with Crippen LogP contribution >= 0.6 is 0 Å². The number of nitrogens with zero attached hydrogens (tertiary/aromatic N) is 3. The zero-order chi connectivity index (χ0) is 11.0. The van der Waals surface area contributed by atoms with Crippen LogP contribution in [0.2, 0.25) is 0 Å². The number of fused-ring (bicyclic) bond motifs is 1. The molecule has 0 amide bonds. The van der Waals surface area contributed by atoms with Gasteiger partial charge in [-0.15, -0.1) is 10.2 Å². The van der Waals surface area contributed by atoms with E-state index < -0.39 is 0 Å². The number of piperidine rings is 1. The van der Waals surface area contributed by atoms with E-state index in [0.29, 0.717) is 6.04 Å². The third kappa shape index (κ3) is 1.53. The molecule has 0 aromatic carbocycles. The van der Waals surface area contributed by atoms with Gasteiger partial charge in [0, 0.05) is 18.0 Å². The largest absolute Gasteiger partial charge is 0.399 e. The zero-order valence-corrected chi connectivity index (χ0v) is 9.06. The molecule has 5 nitrogen and oxygen atoms in total. The second-order valence-corrected chi connectivity index (χ2v) is 4.25. The summed E-state index contributed by atoms with van der Waals surface area (Å²) < 4.78 is 2.01. The molecule has 0 aliphatic carbocycles. The molecule has 3 rings (SSSR count). The first kappa shape index (κ1) is 9.59. The van der Waals surface area contributed by atoms with Gasteiger partial charge in [0.05, 0.1) is 6.04 Å². The summed E-state index contributed by atoms with van der Waals surface area (Å²) >= 11 is 0. The van der Waals surface area contributed by atoms with Crippen molar-refractivity contribution in [3.63, 3.8) is 0 Å².